The van der Waals surface area contributed by atoms with Crippen molar-refractivity contribution in [2.24, 2.45) is 0 Å². The quantitative estimate of drug-likeness (QED) is 0.775. The molecule has 1 N–H and O–H groups in total. The molecule has 0 saturated heterocycles. The van der Waals surface area contributed by atoms with Crippen LogP contribution in [-0.2, 0) is 14.3 Å². The number of carbonyl (C=O) groups is 2. The van der Waals surface area contributed by atoms with E-state index in [4.69, 9.17) is 16.3 Å². The number of phenols is 1. The van der Waals surface area contributed by atoms with E-state index in [2.05, 4.69) is 4.74 Å². The van der Waals surface area contributed by atoms with Gasteiger partial charge in [0.1, 0.15) is 5.75 Å². The molecule has 1 rings (SSSR count). The molecule has 0 fully saturated rings. The van der Waals surface area contributed by atoms with Crippen LogP contribution in [0.4, 0.5) is 0 Å². The first kappa shape index (κ1) is 17.3. The molecule has 0 saturated carbocycles. The first-order valence-corrected chi connectivity index (χ1v) is 6.71. The van der Waals surface area contributed by atoms with E-state index in [1.807, 2.05) is 0 Å². The molecule has 0 aliphatic rings. The van der Waals surface area contributed by atoms with Gasteiger partial charge in [-0.2, -0.15) is 0 Å². The topological polar surface area (TPSA) is 76.1 Å². The van der Waals surface area contributed by atoms with E-state index in [9.17, 15) is 14.7 Å². The van der Waals surface area contributed by atoms with Crippen molar-refractivity contribution in [2.45, 2.75) is 6.42 Å². The van der Waals surface area contributed by atoms with Gasteiger partial charge in [-0.1, -0.05) is 11.6 Å². The first-order chi connectivity index (χ1) is 9.99. The number of phenolic OH excluding ortho intramolecular Hbond substituents is 1. The van der Waals surface area contributed by atoms with Crippen LogP contribution in [0.25, 0.3) is 0 Å². The standard InChI is InChI=1S/C14H18ClNO5/c1-20-8-7-16(6-5-13(18)21-2)14(19)11-9-10(17)3-4-12(11)15/h3-4,9,17H,5-8H2,1-2H3. The number of esters is 1. The maximum absolute atomic E-state index is 12.4. The lowest BCUT2D eigenvalue weighted by Crippen LogP contribution is -2.36. The Morgan fingerprint density at radius 1 is 1.29 bits per heavy atom. The molecular formula is C14H18ClNO5. The summed E-state index contributed by atoms with van der Waals surface area (Å²) < 4.78 is 9.51. The maximum Gasteiger partial charge on any atom is 0.307 e. The van der Waals surface area contributed by atoms with Gasteiger partial charge in [-0.15, -0.1) is 0 Å². The molecule has 0 atom stereocenters. The largest absolute Gasteiger partial charge is 0.508 e. The van der Waals surface area contributed by atoms with Gasteiger partial charge in [0.05, 0.1) is 30.7 Å². The number of rotatable bonds is 7. The van der Waals surface area contributed by atoms with Crippen LogP contribution in [0.2, 0.25) is 5.02 Å². The fourth-order valence-electron chi connectivity index (χ4n) is 1.69. The Labute approximate surface area is 128 Å². The number of aromatic hydroxyl groups is 1. The highest BCUT2D eigenvalue weighted by atomic mass is 35.5. The van der Waals surface area contributed by atoms with Crippen molar-refractivity contribution in [3.05, 3.63) is 28.8 Å². The van der Waals surface area contributed by atoms with Gasteiger partial charge in [0.2, 0.25) is 0 Å². The third-order valence-electron chi connectivity index (χ3n) is 2.85. The van der Waals surface area contributed by atoms with Gasteiger partial charge in [-0.05, 0) is 18.2 Å². The molecule has 0 aliphatic heterocycles. The number of carbonyl (C=O) groups excluding carboxylic acids is 2. The van der Waals surface area contributed by atoms with Crippen molar-refractivity contribution in [2.75, 3.05) is 33.9 Å². The smallest absolute Gasteiger partial charge is 0.307 e. The highest BCUT2D eigenvalue weighted by molar-refractivity contribution is 6.33. The lowest BCUT2D eigenvalue weighted by atomic mass is 10.1. The molecule has 0 unspecified atom stereocenters. The number of nitrogens with zero attached hydrogens (tertiary/aromatic N) is 1. The fourth-order valence-corrected chi connectivity index (χ4v) is 1.89. The van der Waals surface area contributed by atoms with Crippen LogP contribution in [0.3, 0.4) is 0 Å². The van der Waals surface area contributed by atoms with Crippen LogP contribution in [0.5, 0.6) is 5.75 Å². The van der Waals surface area contributed by atoms with E-state index in [1.54, 1.807) is 0 Å². The monoisotopic (exact) mass is 315 g/mol. The SMILES string of the molecule is COCCN(CCC(=O)OC)C(=O)c1cc(O)ccc1Cl. The van der Waals surface area contributed by atoms with Gasteiger partial charge in [0.25, 0.3) is 5.91 Å². The van der Waals surface area contributed by atoms with Crippen molar-refractivity contribution in [3.63, 3.8) is 0 Å². The van der Waals surface area contributed by atoms with Crippen molar-refractivity contribution >= 4 is 23.5 Å². The summed E-state index contributed by atoms with van der Waals surface area (Å²) in [4.78, 5) is 25.1. The molecule has 116 valence electrons. The molecule has 0 aliphatic carbocycles. The number of methoxy groups -OCH3 is 2. The van der Waals surface area contributed by atoms with Crippen LogP contribution in [0.1, 0.15) is 16.8 Å². The summed E-state index contributed by atoms with van der Waals surface area (Å²) in [5.74, 6) is -0.841. The molecule has 1 aromatic rings. The van der Waals surface area contributed by atoms with Crippen LogP contribution in [0.15, 0.2) is 18.2 Å². The van der Waals surface area contributed by atoms with Crippen LogP contribution >= 0.6 is 11.6 Å². The predicted molar refractivity (Wildman–Crippen MR) is 77.5 cm³/mol. The number of amides is 1. The zero-order chi connectivity index (χ0) is 15.8. The first-order valence-electron chi connectivity index (χ1n) is 6.33. The average molecular weight is 316 g/mol. The molecular weight excluding hydrogens is 298 g/mol. The number of ether oxygens (including phenoxy) is 2. The number of hydrogen-bond donors (Lipinski definition) is 1. The summed E-state index contributed by atoms with van der Waals surface area (Å²) in [6.45, 7) is 0.808. The molecule has 0 aromatic heterocycles. The van der Waals surface area contributed by atoms with Crippen LogP contribution in [0, 0.1) is 0 Å². The Kier molecular flexibility index (Phi) is 6.98. The van der Waals surface area contributed by atoms with E-state index in [0.717, 1.165) is 0 Å². The normalized spacial score (nSPS) is 10.2. The molecule has 6 nitrogen and oxygen atoms in total. The zero-order valence-electron chi connectivity index (χ0n) is 12.0. The second kappa shape index (κ2) is 8.49. The third kappa shape index (κ3) is 5.24. The number of hydrogen-bond acceptors (Lipinski definition) is 5. The molecule has 1 aromatic carbocycles. The van der Waals surface area contributed by atoms with Crippen molar-refractivity contribution < 1.29 is 24.2 Å². The van der Waals surface area contributed by atoms with Crippen molar-refractivity contribution in [1.29, 1.82) is 0 Å². The minimum absolute atomic E-state index is 0.0533. The van der Waals surface area contributed by atoms with E-state index in [1.165, 1.54) is 37.3 Å². The summed E-state index contributed by atoms with van der Waals surface area (Å²) in [5, 5.41) is 9.71. The average Bonchev–Trinajstić information content (AvgIpc) is 2.48. The van der Waals surface area contributed by atoms with Crippen molar-refractivity contribution in [3.8, 4) is 5.75 Å². The highest BCUT2D eigenvalue weighted by Crippen LogP contribution is 2.22. The Bertz CT molecular complexity index is 506. The minimum atomic E-state index is -0.410. The minimum Gasteiger partial charge on any atom is -0.508 e. The molecule has 0 radical (unpaired) electrons. The Morgan fingerprint density at radius 3 is 2.62 bits per heavy atom. The highest BCUT2D eigenvalue weighted by Gasteiger charge is 2.19. The van der Waals surface area contributed by atoms with Crippen LogP contribution in [-0.4, -0.2) is 55.8 Å². The summed E-state index contributed by atoms with van der Waals surface area (Å²) in [6, 6.07) is 4.13. The van der Waals surface area contributed by atoms with E-state index in [0.29, 0.717) is 13.2 Å². The number of benzene rings is 1. The number of halogens is 1. The van der Waals surface area contributed by atoms with Gasteiger partial charge >= 0.3 is 5.97 Å². The second-order valence-electron chi connectivity index (χ2n) is 4.28. The molecule has 0 heterocycles. The lowest BCUT2D eigenvalue weighted by Gasteiger charge is -2.22. The molecule has 1 amide bonds. The van der Waals surface area contributed by atoms with Gasteiger partial charge in [0.15, 0.2) is 0 Å². The summed E-state index contributed by atoms with van der Waals surface area (Å²) in [6.07, 6.45) is 0.0718. The van der Waals surface area contributed by atoms with Crippen molar-refractivity contribution in [1.82, 2.24) is 4.90 Å². The zero-order valence-corrected chi connectivity index (χ0v) is 12.7. The maximum atomic E-state index is 12.4. The van der Waals surface area contributed by atoms with Gasteiger partial charge in [0, 0.05) is 20.2 Å². The van der Waals surface area contributed by atoms with E-state index in [-0.39, 0.29) is 35.2 Å². The second-order valence-corrected chi connectivity index (χ2v) is 4.68. The summed E-state index contributed by atoms with van der Waals surface area (Å²) in [5.41, 5.74) is 0.178. The fraction of sp³-hybridized carbons (Fsp3) is 0.429. The molecule has 21 heavy (non-hydrogen) atoms. The Balaban J connectivity index is 2.87. The summed E-state index contributed by atoms with van der Waals surface area (Å²) >= 11 is 5.98. The van der Waals surface area contributed by atoms with E-state index >= 15 is 0 Å². The van der Waals surface area contributed by atoms with E-state index < -0.39 is 5.97 Å². The Morgan fingerprint density at radius 2 is 2.00 bits per heavy atom. The van der Waals surface area contributed by atoms with Gasteiger partial charge in [-0.3, -0.25) is 9.59 Å². The predicted octanol–water partition coefficient (Wildman–Crippen LogP) is 1.70. The molecule has 0 spiro atoms. The third-order valence-corrected chi connectivity index (χ3v) is 3.18. The summed E-state index contributed by atoms with van der Waals surface area (Å²) in [7, 11) is 2.81. The van der Waals surface area contributed by atoms with Gasteiger partial charge < -0.3 is 19.5 Å². The molecule has 7 heteroatoms. The molecule has 0 bridgehead atoms. The Hall–Kier alpha value is -1.79. The van der Waals surface area contributed by atoms with Gasteiger partial charge in [-0.25, -0.2) is 0 Å². The van der Waals surface area contributed by atoms with Crippen LogP contribution < -0.4 is 0 Å². The lowest BCUT2D eigenvalue weighted by molar-refractivity contribution is -0.140.